The average Bonchev–Trinajstić information content (AvgIpc) is 2.37. The van der Waals surface area contributed by atoms with Crippen LogP contribution < -0.4 is 15.8 Å². The molecule has 0 saturated heterocycles. The van der Waals surface area contributed by atoms with Gasteiger partial charge in [0.1, 0.15) is 5.75 Å². The molecular formula is C15H24N2O. The van der Waals surface area contributed by atoms with E-state index in [-0.39, 0.29) is 0 Å². The Bertz CT molecular complexity index is 399. The van der Waals surface area contributed by atoms with Crippen molar-refractivity contribution >= 4 is 0 Å². The van der Waals surface area contributed by atoms with E-state index in [1.807, 2.05) is 7.05 Å². The zero-order valence-electron chi connectivity index (χ0n) is 11.6. The van der Waals surface area contributed by atoms with Crippen LogP contribution in [0.2, 0.25) is 0 Å². The number of hydrogen-bond acceptors (Lipinski definition) is 3. The van der Waals surface area contributed by atoms with E-state index in [9.17, 15) is 0 Å². The molecule has 0 radical (unpaired) electrons. The van der Waals surface area contributed by atoms with Crippen LogP contribution in [-0.2, 0) is 6.42 Å². The first-order valence-corrected chi connectivity index (χ1v) is 6.79. The van der Waals surface area contributed by atoms with Crippen LogP contribution in [0.4, 0.5) is 0 Å². The molecule has 1 unspecified atom stereocenters. The van der Waals surface area contributed by atoms with E-state index in [0.717, 1.165) is 25.0 Å². The lowest BCUT2D eigenvalue weighted by atomic mass is 9.73. The normalized spacial score (nSPS) is 24.4. The van der Waals surface area contributed by atoms with Crippen molar-refractivity contribution in [3.8, 4) is 5.75 Å². The maximum atomic E-state index is 5.91. The van der Waals surface area contributed by atoms with Crippen molar-refractivity contribution < 1.29 is 4.74 Å². The summed E-state index contributed by atoms with van der Waals surface area (Å²) >= 11 is 0. The molecule has 2 rings (SSSR count). The summed E-state index contributed by atoms with van der Waals surface area (Å²) in [5.74, 6) is 1.61. The predicted octanol–water partition coefficient (Wildman–Crippen LogP) is 2.26. The maximum Gasteiger partial charge on any atom is 0.123 e. The number of aryl methyl sites for hydroxylation is 1. The monoisotopic (exact) mass is 248 g/mol. The van der Waals surface area contributed by atoms with Crippen molar-refractivity contribution in [2.75, 3.05) is 14.2 Å². The Morgan fingerprint density at radius 1 is 1.44 bits per heavy atom. The number of hydrogen-bond donors (Lipinski definition) is 2. The van der Waals surface area contributed by atoms with E-state index in [1.54, 1.807) is 7.11 Å². The van der Waals surface area contributed by atoms with Crippen molar-refractivity contribution in [2.24, 2.45) is 11.7 Å². The standard InChI is InChI=1S/C15H24N2O/c1-4-10-5-6-14(18-3)13(7-10)15(17-2)11-8-12(16)9-11/h5-7,11-12,15,17H,4,8-9,16H2,1-3H3. The van der Waals surface area contributed by atoms with E-state index in [4.69, 9.17) is 10.5 Å². The Morgan fingerprint density at radius 2 is 2.17 bits per heavy atom. The van der Waals surface area contributed by atoms with Crippen molar-refractivity contribution in [2.45, 2.75) is 38.3 Å². The Labute approximate surface area is 110 Å². The Hall–Kier alpha value is -1.06. The van der Waals surface area contributed by atoms with Crippen LogP contribution in [-0.4, -0.2) is 20.2 Å². The molecule has 0 bridgehead atoms. The minimum atomic E-state index is 0.353. The topological polar surface area (TPSA) is 47.3 Å². The summed E-state index contributed by atoms with van der Waals surface area (Å²) in [6, 6.07) is 7.22. The zero-order valence-corrected chi connectivity index (χ0v) is 11.6. The highest BCUT2D eigenvalue weighted by atomic mass is 16.5. The van der Waals surface area contributed by atoms with Gasteiger partial charge in [0.15, 0.2) is 0 Å². The van der Waals surface area contributed by atoms with Gasteiger partial charge in [-0.05, 0) is 43.9 Å². The highest BCUT2D eigenvalue weighted by Crippen LogP contribution is 2.40. The molecule has 1 aliphatic carbocycles. The molecule has 3 nitrogen and oxygen atoms in total. The second-order valence-electron chi connectivity index (χ2n) is 5.19. The van der Waals surface area contributed by atoms with Gasteiger partial charge in [0.25, 0.3) is 0 Å². The van der Waals surface area contributed by atoms with Crippen LogP contribution >= 0.6 is 0 Å². The lowest BCUT2D eigenvalue weighted by Crippen LogP contribution is -2.42. The lowest BCUT2D eigenvalue weighted by Gasteiger charge is -2.39. The summed E-state index contributed by atoms with van der Waals surface area (Å²) in [5.41, 5.74) is 8.54. The number of ether oxygens (including phenoxy) is 1. The summed E-state index contributed by atoms with van der Waals surface area (Å²) in [6.07, 6.45) is 3.26. The number of nitrogens with two attached hydrogens (primary N) is 1. The van der Waals surface area contributed by atoms with E-state index in [2.05, 4.69) is 30.4 Å². The first-order valence-electron chi connectivity index (χ1n) is 6.79. The lowest BCUT2D eigenvalue weighted by molar-refractivity contribution is 0.201. The molecule has 1 fully saturated rings. The highest BCUT2D eigenvalue weighted by molar-refractivity contribution is 5.40. The van der Waals surface area contributed by atoms with E-state index in [0.29, 0.717) is 18.0 Å². The molecule has 1 atom stereocenters. The number of methoxy groups -OCH3 is 1. The number of rotatable bonds is 5. The van der Waals surface area contributed by atoms with Gasteiger partial charge in [0, 0.05) is 17.6 Å². The Morgan fingerprint density at radius 3 is 2.67 bits per heavy atom. The van der Waals surface area contributed by atoms with Gasteiger partial charge < -0.3 is 15.8 Å². The molecule has 1 aromatic rings. The number of benzene rings is 1. The van der Waals surface area contributed by atoms with Crippen LogP contribution in [0.5, 0.6) is 5.75 Å². The second-order valence-corrected chi connectivity index (χ2v) is 5.19. The van der Waals surface area contributed by atoms with Gasteiger partial charge in [-0.15, -0.1) is 0 Å². The molecule has 1 aliphatic rings. The van der Waals surface area contributed by atoms with Crippen LogP contribution in [0.25, 0.3) is 0 Å². The van der Waals surface area contributed by atoms with Crippen LogP contribution in [0, 0.1) is 5.92 Å². The quantitative estimate of drug-likeness (QED) is 0.840. The van der Waals surface area contributed by atoms with Crippen LogP contribution in [0.15, 0.2) is 18.2 Å². The fraction of sp³-hybridized carbons (Fsp3) is 0.600. The summed E-state index contributed by atoms with van der Waals surface area (Å²) in [5, 5.41) is 3.43. The molecule has 1 aromatic carbocycles. The van der Waals surface area contributed by atoms with Crippen LogP contribution in [0.3, 0.4) is 0 Å². The van der Waals surface area contributed by atoms with Crippen molar-refractivity contribution in [3.63, 3.8) is 0 Å². The van der Waals surface area contributed by atoms with Crippen molar-refractivity contribution in [1.82, 2.24) is 5.32 Å². The summed E-state index contributed by atoms with van der Waals surface area (Å²) in [7, 11) is 3.76. The molecule has 0 aliphatic heterocycles. The molecule has 0 amide bonds. The minimum Gasteiger partial charge on any atom is -0.496 e. The Balaban J connectivity index is 2.27. The first kappa shape index (κ1) is 13.4. The van der Waals surface area contributed by atoms with Gasteiger partial charge in [-0.3, -0.25) is 0 Å². The molecule has 0 spiro atoms. The SMILES string of the molecule is CCc1ccc(OC)c(C(NC)C2CC(N)C2)c1. The Kier molecular flexibility index (Phi) is 4.25. The smallest absolute Gasteiger partial charge is 0.123 e. The fourth-order valence-electron chi connectivity index (χ4n) is 2.87. The van der Waals surface area contributed by atoms with Gasteiger partial charge in [-0.25, -0.2) is 0 Å². The van der Waals surface area contributed by atoms with Crippen molar-refractivity contribution in [1.29, 1.82) is 0 Å². The van der Waals surface area contributed by atoms with Gasteiger partial charge in [-0.2, -0.15) is 0 Å². The van der Waals surface area contributed by atoms with Gasteiger partial charge in [0.2, 0.25) is 0 Å². The van der Waals surface area contributed by atoms with E-state index >= 15 is 0 Å². The van der Waals surface area contributed by atoms with Crippen LogP contribution in [0.1, 0.15) is 36.9 Å². The third-order valence-corrected chi connectivity index (χ3v) is 4.03. The molecule has 100 valence electrons. The third-order valence-electron chi connectivity index (χ3n) is 4.03. The summed E-state index contributed by atoms with van der Waals surface area (Å²) in [4.78, 5) is 0. The summed E-state index contributed by atoms with van der Waals surface area (Å²) < 4.78 is 5.50. The van der Waals surface area contributed by atoms with Gasteiger partial charge >= 0.3 is 0 Å². The molecule has 3 N–H and O–H groups in total. The molecule has 1 saturated carbocycles. The van der Waals surface area contributed by atoms with Gasteiger partial charge in [0.05, 0.1) is 7.11 Å². The van der Waals surface area contributed by atoms with Gasteiger partial charge in [-0.1, -0.05) is 19.1 Å². The van der Waals surface area contributed by atoms with Crippen molar-refractivity contribution in [3.05, 3.63) is 29.3 Å². The highest BCUT2D eigenvalue weighted by Gasteiger charge is 2.34. The van der Waals surface area contributed by atoms with E-state index in [1.165, 1.54) is 11.1 Å². The second kappa shape index (κ2) is 5.72. The molecule has 3 heteroatoms. The molecular weight excluding hydrogens is 224 g/mol. The maximum absolute atomic E-state index is 5.91. The number of nitrogens with one attached hydrogen (secondary N) is 1. The fourth-order valence-corrected chi connectivity index (χ4v) is 2.87. The molecule has 0 heterocycles. The van der Waals surface area contributed by atoms with E-state index < -0.39 is 0 Å². The predicted molar refractivity (Wildman–Crippen MR) is 74.9 cm³/mol. The molecule has 0 aromatic heterocycles. The average molecular weight is 248 g/mol. The summed E-state index contributed by atoms with van der Waals surface area (Å²) in [6.45, 7) is 2.18. The third kappa shape index (κ3) is 2.52. The zero-order chi connectivity index (χ0) is 13.1. The molecule has 18 heavy (non-hydrogen) atoms. The minimum absolute atomic E-state index is 0.353. The largest absolute Gasteiger partial charge is 0.496 e. The first-order chi connectivity index (χ1) is 8.69.